The van der Waals surface area contributed by atoms with Gasteiger partial charge in [0.15, 0.2) is 0 Å². The van der Waals surface area contributed by atoms with Crippen molar-refractivity contribution in [3.05, 3.63) is 140 Å². The number of furan rings is 1. The Balaban J connectivity index is 1.38. The standard InChI is InChI=1S/C38H23NO/c1-2-11-26(12-3-1)39-35-16-8-6-14-28(35)33-21-25(18-19-36(33)39)30-20-24-10-4-5-13-27(24)31-22-34-29-15-7-9-17-37(29)40-38(34)23-32(30)31/h1-23H. The topological polar surface area (TPSA) is 18.1 Å². The lowest BCUT2D eigenvalue weighted by molar-refractivity contribution is 0.669. The molecule has 9 aromatic rings. The minimum Gasteiger partial charge on any atom is -0.456 e. The second-order valence-electron chi connectivity index (χ2n) is 10.6. The van der Waals surface area contributed by atoms with Gasteiger partial charge in [0.2, 0.25) is 0 Å². The summed E-state index contributed by atoms with van der Waals surface area (Å²) in [6.07, 6.45) is 0. The van der Waals surface area contributed by atoms with Crippen LogP contribution in [0, 0.1) is 0 Å². The Bertz CT molecular complexity index is 2420. The summed E-state index contributed by atoms with van der Waals surface area (Å²) in [4.78, 5) is 0. The lowest BCUT2D eigenvalue weighted by Crippen LogP contribution is -1.92. The highest BCUT2D eigenvalue weighted by atomic mass is 16.3. The van der Waals surface area contributed by atoms with Crippen LogP contribution in [0.5, 0.6) is 0 Å². The lowest BCUT2D eigenvalue weighted by atomic mass is 9.91. The smallest absolute Gasteiger partial charge is 0.136 e. The van der Waals surface area contributed by atoms with E-state index in [1.807, 2.05) is 6.07 Å². The molecule has 0 N–H and O–H groups in total. The van der Waals surface area contributed by atoms with Crippen molar-refractivity contribution in [1.82, 2.24) is 4.57 Å². The predicted octanol–water partition coefficient (Wildman–Crippen LogP) is 10.7. The van der Waals surface area contributed by atoms with Crippen molar-refractivity contribution >= 4 is 65.3 Å². The summed E-state index contributed by atoms with van der Waals surface area (Å²) in [6, 6.07) is 50.1. The van der Waals surface area contributed by atoms with E-state index in [1.54, 1.807) is 0 Å². The summed E-state index contributed by atoms with van der Waals surface area (Å²) >= 11 is 0. The molecule has 0 amide bonds. The van der Waals surface area contributed by atoms with Crippen molar-refractivity contribution in [3.8, 4) is 16.8 Å². The van der Waals surface area contributed by atoms with Gasteiger partial charge in [0.25, 0.3) is 0 Å². The summed E-state index contributed by atoms with van der Waals surface area (Å²) < 4.78 is 8.71. The van der Waals surface area contributed by atoms with Crippen LogP contribution in [0.3, 0.4) is 0 Å². The summed E-state index contributed by atoms with van der Waals surface area (Å²) in [6.45, 7) is 0. The molecular formula is C38H23NO. The van der Waals surface area contributed by atoms with E-state index < -0.39 is 0 Å². The van der Waals surface area contributed by atoms with Crippen LogP contribution in [0.25, 0.3) is 82.1 Å². The van der Waals surface area contributed by atoms with Crippen LogP contribution in [-0.2, 0) is 0 Å². The number of fused-ring (bicyclic) bond motifs is 9. The van der Waals surface area contributed by atoms with Crippen molar-refractivity contribution in [3.63, 3.8) is 0 Å². The third kappa shape index (κ3) is 2.99. The fourth-order valence-electron chi connectivity index (χ4n) is 6.55. The summed E-state index contributed by atoms with van der Waals surface area (Å²) in [5.41, 5.74) is 7.86. The van der Waals surface area contributed by atoms with Crippen LogP contribution in [0.15, 0.2) is 144 Å². The van der Waals surface area contributed by atoms with Crippen molar-refractivity contribution in [2.75, 3.05) is 0 Å². The van der Waals surface area contributed by atoms with Crippen LogP contribution in [-0.4, -0.2) is 4.57 Å². The first kappa shape index (κ1) is 21.6. The maximum Gasteiger partial charge on any atom is 0.136 e. The molecule has 0 spiro atoms. The third-order valence-electron chi connectivity index (χ3n) is 8.36. The Morgan fingerprint density at radius 2 is 1.12 bits per heavy atom. The molecule has 0 radical (unpaired) electrons. The molecule has 0 bridgehead atoms. The maximum absolute atomic E-state index is 6.34. The molecule has 0 aliphatic rings. The van der Waals surface area contributed by atoms with E-state index in [0.717, 1.165) is 21.9 Å². The largest absolute Gasteiger partial charge is 0.456 e. The maximum atomic E-state index is 6.34. The summed E-state index contributed by atoms with van der Waals surface area (Å²) in [5.74, 6) is 0. The number of benzene rings is 7. The molecule has 0 aliphatic carbocycles. The van der Waals surface area contributed by atoms with Crippen LogP contribution in [0.2, 0.25) is 0 Å². The fourth-order valence-corrected chi connectivity index (χ4v) is 6.55. The van der Waals surface area contributed by atoms with Crippen LogP contribution >= 0.6 is 0 Å². The molecule has 0 unspecified atom stereocenters. The number of para-hydroxylation sites is 3. The highest BCUT2D eigenvalue weighted by Crippen LogP contribution is 2.41. The van der Waals surface area contributed by atoms with Crippen molar-refractivity contribution in [2.24, 2.45) is 0 Å². The molecule has 2 aromatic heterocycles. The van der Waals surface area contributed by atoms with E-state index >= 15 is 0 Å². The van der Waals surface area contributed by atoms with Gasteiger partial charge >= 0.3 is 0 Å². The van der Waals surface area contributed by atoms with Crippen molar-refractivity contribution in [2.45, 2.75) is 0 Å². The monoisotopic (exact) mass is 509 g/mol. The Labute approximate surface area is 230 Å². The molecule has 0 saturated carbocycles. The van der Waals surface area contributed by atoms with Crippen LogP contribution in [0.4, 0.5) is 0 Å². The zero-order valence-corrected chi connectivity index (χ0v) is 21.6. The van der Waals surface area contributed by atoms with E-state index in [9.17, 15) is 0 Å². The molecule has 7 aromatic carbocycles. The van der Waals surface area contributed by atoms with Crippen LogP contribution in [0.1, 0.15) is 0 Å². The summed E-state index contributed by atoms with van der Waals surface area (Å²) in [5, 5.41) is 9.78. The number of aromatic nitrogens is 1. The molecule has 9 rings (SSSR count). The molecule has 40 heavy (non-hydrogen) atoms. The third-order valence-corrected chi connectivity index (χ3v) is 8.36. The average Bonchev–Trinajstić information content (AvgIpc) is 3.55. The summed E-state index contributed by atoms with van der Waals surface area (Å²) in [7, 11) is 0. The Morgan fingerprint density at radius 1 is 0.400 bits per heavy atom. The molecule has 0 aliphatic heterocycles. The zero-order chi connectivity index (χ0) is 26.2. The SMILES string of the molecule is c1ccc(-n2c3ccccc3c3cc(-c4cc5ccccc5c5cc6c(cc45)oc4ccccc46)ccc32)cc1. The van der Waals surface area contributed by atoms with Gasteiger partial charge in [-0.2, -0.15) is 0 Å². The molecule has 2 heteroatoms. The molecule has 2 nitrogen and oxygen atoms in total. The van der Waals surface area contributed by atoms with Gasteiger partial charge in [-0.3, -0.25) is 0 Å². The Kier molecular flexibility index (Phi) is 4.36. The van der Waals surface area contributed by atoms with E-state index in [1.165, 1.54) is 60.2 Å². The fraction of sp³-hybridized carbons (Fsp3) is 0. The van der Waals surface area contributed by atoms with Gasteiger partial charge in [-0.05, 0) is 87.3 Å². The minimum atomic E-state index is 0.923. The van der Waals surface area contributed by atoms with E-state index in [2.05, 4.69) is 138 Å². The lowest BCUT2D eigenvalue weighted by Gasteiger charge is -2.12. The van der Waals surface area contributed by atoms with Gasteiger partial charge < -0.3 is 8.98 Å². The van der Waals surface area contributed by atoms with Crippen LogP contribution < -0.4 is 0 Å². The first-order valence-corrected chi connectivity index (χ1v) is 13.7. The van der Waals surface area contributed by atoms with E-state index in [0.29, 0.717) is 0 Å². The molecule has 0 saturated heterocycles. The van der Waals surface area contributed by atoms with Crippen molar-refractivity contribution < 1.29 is 4.42 Å². The molecule has 2 heterocycles. The molecule has 0 fully saturated rings. The number of rotatable bonds is 2. The van der Waals surface area contributed by atoms with E-state index in [4.69, 9.17) is 4.42 Å². The first-order valence-electron chi connectivity index (χ1n) is 13.7. The number of hydrogen-bond donors (Lipinski definition) is 0. The molecule has 0 atom stereocenters. The normalized spacial score (nSPS) is 12.0. The Hall–Kier alpha value is -5.34. The zero-order valence-electron chi connectivity index (χ0n) is 21.6. The Morgan fingerprint density at radius 3 is 2.02 bits per heavy atom. The van der Waals surface area contributed by atoms with E-state index in [-0.39, 0.29) is 0 Å². The van der Waals surface area contributed by atoms with Gasteiger partial charge in [-0.25, -0.2) is 0 Å². The number of nitrogens with zero attached hydrogens (tertiary/aromatic N) is 1. The second kappa shape index (κ2) is 8.08. The second-order valence-corrected chi connectivity index (χ2v) is 10.6. The molecular weight excluding hydrogens is 486 g/mol. The van der Waals surface area contributed by atoms with Gasteiger partial charge in [-0.15, -0.1) is 0 Å². The molecule has 186 valence electrons. The first-order chi connectivity index (χ1) is 19.8. The quantitative estimate of drug-likeness (QED) is 0.212. The predicted molar refractivity (Wildman–Crippen MR) is 169 cm³/mol. The van der Waals surface area contributed by atoms with Gasteiger partial charge in [0, 0.05) is 27.2 Å². The number of hydrogen-bond acceptors (Lipinski definition) is 1. The van der Waals surface area contributed by atoms with Gasteiger partial charge in [-0.1, -0.05) is 84.9 Å². The highest BCUT2D eigenvalue weighted by molar-refractivity contribution is 6.21. The average molecular weight is 510 g/mol. The highest BCUT2D eigenvalue weighted by Gasteiger charge is 2.16. The van der Waals surface area contributed by atoms with Gasteiger partial charge in [0.05, 0.1) is 11.0 Å². The van der Waals surface area contributed by atoms with Crippen molar-refractivity contribution in [1.29, 1.82) is 0 Å². The minimum absolute atomic E-state index is 0.923. The van der Waals surface area contributed by atoms with Gasteiger partial charge in [0.1, 0.15) is 11.2 Å².